The Balaban J connectivity index is 1.54. The maximum absolute atomic E-state index is 14.3. The van der Waals surface area contributed by atoms with Crippen molar-refractivity contribution in [1.29, 1.82) is 0 Å². The Morgan fingerprint density at radius 2 is 1.74 bits per heavy atom. The van der Waals surface area contributed by atoms with Gasteiger partial charge in [-0.1, -0.05) is 18.1 Å². The highest BCUT2D eigenvalue weighted by molar-refractivity contribution is 5.98. The van der Waals surface area contributed by atoms with Gasteiger partial charge in [0.15, 0.2) is 35.2 Å². The van der Waals surface area contributed by atoms with E-state index in [-0.39, 0.29) is 16.9 Å². The third-order valence-electron chi connectivity index (χ3n) is 7.92. The smallest absolute Gasteiger partial charge is 0.259 e. The first-order chi connectivity index (χ1) is 20.5. The van der Waals surface area contributed by atoms with Crippen molar-refractivity contribution in [3.63, 3.8) is 0 Å². The van der Waals surface area contributed by atoms with Gasteiger partial charge in [-0.25, -0.2) is 26.6 Å². The molecule has 0 radical (unpaired) electrons. The molecule has 1 aliphatic heterocycles. The summed E-state index contributed by atoms with van der Waals surface area (Å²) in [6.07, 6.45) is -3.63. The summed E-state index contributed by atoms with van der Waals surface area (Å²) in [5.74, 6) is -7.79. The molecule has 2 heterocycles. The predicted octanol–water partition coefficient (Wildman–Crippen LogP) is 2.65. The molecule has 3 aromatic rings. The van der Waals surface area contributed by atoms with Gasteiger partial charge in [0.1, 0.15) is 30.0 Å². The fourth-order valence-corrected chi connectivity index (χ4v) is 5.76. The molecule has 2 aromatic carbocycles. The molecule has 1 saturated heterocycles. The summed E-state index contributed by atoms with van der Waals surface area (Å²) >= 11 is 0. The van der Waals surface area contributed by atoms with Gasteiger partial charge in [-0.2, -0.15) is 0 Å². The number of ether oxygens (including phenoxy) is 2. The standard InChI is InChI=1S/C28H29F5N4O6/c1-42-26-24(36-11-19(34-35-36)13-8-17(31)23(33)18(32)9-13)25(40)22(12-38)43-27(26)28(41)37(20-4-2-3-5-21(20)39)14-6-7-15(29)16(30)10-14/h6-11,20-22,24-27,38-40H,2-5,12H2,1H3/t20-,21-,22?,24?,25?,26?,27?/m0/s1. The molecule has 1 saturated carbocycles. The van der Waals surface area contributed by atoms with Crippen molar-refractivity contribution in [2.75, 3.05) is 18.6 Å². The van der Waals surface area contributed by atoms with Gasteiger partial charge in [0, 0.05) is 24.4 Å². The molecule has 2 aliphatic rings. The molecule has 0 spiro atoms. The first-order valence-electron chi connectivity index (χ1n) is 13.6. The number of halogens is 5. The highest BCUT2D eigenvalue weighted by Crippen LogP contribution is 2.36. The normalized spacial score (nSPS) is 27.7. The van der Waals surface area contributed by atoms with Crippen molar-refractivity contribution in [2.24, 2.45) is 0 Å². The lowest BCUT2D eigenvalue weighted by atomic mass is 9.88. The number of hydrogen-bond donors (Lipinski definition) is 3. The van der Waals surface area contributed by atoms with E-state index in [4.69, 9.17) is 9.47 Å². The second-order valence-corrected chi connectivity index (χ2v) is 10.5. The molecule has 10 nitrogen and oxygen atoms in total. The van der Waals surface area contributed by atoms with Crippen molar-refractivity contribution >= 4 is 11.6 Å². The topological polar surface area (TPSA) is 130 Å². The van der Waals surface area contributed by atoms with E-state index in [1.165, 1.54) is 19.4 Å². The first-order valence-corrected chi connectivity index (χ1v) is 13.6. The molecule has 1 amide bonds. The number of aliphatic hydroxyl groups is 3. The van der Waals surface area contributed by atoms with Crippen LogP contribution in [-0.4, -0.2) is 86.5 Å². The van der Waals surface area contributed by atoms with Crippen LogP contribution in [0, 0.1) is 29.1 Å². The number of aliphatic hydroxyl groups excluding tert-OH is 3. The minimum absolute atomic E-state index is 0.0556. The molecule has 5 unspecified atom stereocenters. The largest absolute Gasteiger partial charge is 0.394 e. The summed E-state index contributed by atoms with van der Waals surface area (Å²) in [7, 11) is 1.22. The Bertz CT molecular complexity index is 1450. The van der Waals surface area contributed by atoms with Crippen LogP contribution in [0.1, 0.15) is 31.7 Å². The zero-order valence-electron chi connectivity index (χ0n) is 22.8. The van der Waals surface area contributed by atoms with E-state index >= 15 is 0 Å². The van der Waals surface area contributed by atoms with Gasteiger partial charge in [0.25, 0.3) is 5.91 Å². The van der Waals surface area contributed by atoms with Gasteiger partial charge < -0.3 is 29.7 Å². The van der Waals surface area contributed by atoms with Gasteiger partial charge in [0.2, 0.25) is 0 Å². The third-order valence-corrected chi connectivity index (χ3v) is 7.92. The van der Waals surface area contributed by atoms with Crippen molar-refractivity contribution in [2.45, 2.75) is 68.3 Å². The van der Waals surface area contributed by atoms with Crippen LogP contribution in [0.15, 0.2) is 36.5 Å². The quantitative estimate of drug-likeness (QED) is 0.275. The number of methoxy groups -OCH3 is 1. The van der Waals surface area contributed by atoms with Gasteiger partial charge in [-0.05, 0) is 37.1 Å². The van der Waals surface area contributed by atoms with E-state index in [0.29, 0.717) is 37.8 Å². The Morgan fingerprint density at radius 3 is 2.37 bits per heavy atom. The fraction of sp³-hybridized carbons (Fsp3) is 0.464. The molecular weight excluding hydrogens is 583 g/mol. The summed E-state index contributed by atoms with van der Waals surface area (Å²) < 4.78 is 81.9. The summed E-state index contributed by atoms with van der Waals surface area (Å²) in [4.78, 5) is 15.4. The molecule has 43 heavy (non-hydrogen) atoms. The highest BCUT2D eigenvalue weighted by atomic mass is 19.2. The first kappa shape index (κ1) is 30.9. The van der Waals surface area contributed by atoms with Crippen molar-refractivity contribution < 1.29 is 51.5 Å². The predicted molar refractivity (Wildman–Crippen MR) is 139 cm³/mol. The molecule has 232 valence electrons. The average molecular weight is 613 g/mol. The SMILES string of the molecule is COC1C(C(=O)N(c2ccc(F)c(F)c2)[C@H]2CCCC[C@@H]2O)OC(CO)C(O)C1n1cc(-c2cc(F)c(F)c(F)c2)nn1. The van der Waals surface area contributed by atoms with E-state index in [1.807, 2.05) is 0 Å². The lowest BCUT2D eigenvalue weighted by Gasteiger charge is -2.46. The number of benzene rings is 2. The Morgan fingerprint density at radius 1 is 1.05 bits per heavy atom. The summed E-state index contributed by atoms with van der Waals surface area (Å²) in [5, 5.41) is 39.8. The van der Waals surface area contributed by atoms with Crippen LogP contribution in [0.2, 0.25) is 0 Å². The molecule has 7 atom stereocenters. The van der Waals surface area contributed by atoms with Crippen LogP contribution < -0.4 is 4.90 Å². The van der Waals surface area contributed by atoms with Gasteiger partial charge in [-0.15, -0.1) is 5.10 Å². The number of carbonyl (C=O) groups is 1. The molecular formula is C28H29F5N4O6. The van der Waals surface area contributed by atoms with Gasteiger partial charge in [0.05, 0.1) is 24.9 Å². The summed E-state index contributed by atoms with van der Waals surface area (Å²) in [5.41, 5.74) is -0.330. The van der Waals surface area contributed by atoms with E-state index < -0.39 is 84.2 Å². The fourth-order valence-electron chi connectivity index (χ4n) is 5.76. The molecule has 0 bridgehead atoms. The molecule has 1 aromatic heterocycles. The lowest BCUT2D eigenvalue weighted by Crippen LogP contribution is -2.63. The Labute approximate surface area is 242 Å². The molecule has 15 heteroatoms. The van der Waals surface area contributed by atoms with E-state index in [0.717, 1.165) is 21.7 Å². The highest BCUT2D eigenvalue weighted by Gasteiger charge is 2.52. The zero-order valence-corrected chi connectivity index (χ0v) is 22.8. The van der Waals surface area contributed by atoms with Crippen LogP contribution >= 0.6 is 0 Å². The average Bonchev–Trinajstić information content (AvgIpc) is 3.48. The van der Waals surface area contributed by atoms with Crippen LogP contribution in [0.3, 0.4) is 0 Å². The molecule has 1 aliphatic carbocycles. The van der Waals surface area contributed by atoms with Crippen molar-refractivity contribution in [1.82, 2.24) is 15.0 Å². The molecule has 5 rings (SSSR count). The van der Waals surface area contributed by atoms with E-state index in [1.54, 1.807) is 0 Å². The van der Waals surface area contributed by atoms with Crippen molar-refractivity contribution in [3.05, 3.63) is 65.6 Å². The van der Waals surface area contributed by atoms with Crippen LogP contribution in [0.25, 0.3) is 11.3 Å². The third kappa shape index (κ3) is 5.87. The lowest BCUT2D eigenvalue weighted by molar-refractivity contribution is -0.211. The van der Waals surface area contributed by atoms with Gasteiger partial charge in [-0.3, -0.25) is 4.79 Å². The Kier molecular flexibility index (Phi) is 9.08. The maximum atomic E-state index is 14.3. The van der Waals surface area contributed by atoms with Crippen LogP contribution in [0.5, 0.6) is 0 Å². The maximum Gasteiger partial charge on any atom is 0.259 e. The van der Waals surface area contributed by atoms with Crippen LogP contribution in [0.4, 0.5) is 27.6 Å². The minimum Gasteiger partial charge on any atom is -0.394 e. The number of aromatic nitrogens is 3. The number of carbonyl (C=O) groups excluding carboxylic acids is 1. The van der Waals surface area contributed by atoms with Crippen LogP contribution in [-0.2, 0) is 14.3 Å². The van der Waals surface area contributed by atoms with Gasteiger partial charge >= 0.3 is 0 Å². The minimum atomic E-state index is -1.67. The van der Waals surface area contributed by atoms with Crippen molar-refractivity contribution in [3.8, 4) is 11.3 Å². The number of nitrogens with zero attached hydrogens (tertiary/aromatic N) is 4. The number of rotatable bonds is 7. The number of amides is 1. The second kappa shape index (κ2) is 12.6. The molecule has 3 N–H and O–H groups in total. The zero-order chi connectivity index (χ0) is 31.0. The second-order valence-electron chi connectivity index (χ2n) is 10.5. The summed E-state index contributed by atoms with van der Waals surface area (Å²) in [6.45, 7) is -0.759. The summed E-state index contributed by atoms with van der Waals surface area (Å²) in [6, 6.07) is 2.15. The van der Waals surface area contributed by atoms with E-state index in [9.17, 15) is 42.1 Å². The number of hydrogen-bond acceptors (Lipinski definition) is 8. The Hall–Kier alpha value is -3.50. The van der Waals surface area contributed by atoms with E-state index in [2.05, 4.69) is 10.3 Å². The number of anilines is 1. The molecule has 2 fully saturated rings. The monoisotopic (exact) mass is 612 g/mol.